The number of anilines is 1. The molecule has 0 radical (unpaired) electrons. The highest BCUT2D eigenvalue weighted by molar-refractivity contribution is 7.73. The fourth-order valence-corrected chi connectivity index (χ4v) is 2.17. The predicted octanol–water partition coefficient (Wildman–Crippen LogP) is 2.27. The molecule has 0 atom stereocenters. The van der Waals surface area contributed by atoms with E-state index in [1.54, 1.807) is 0 Å². The summed E-state index contributed by atoms with van der Waals surface area (Å²) in [6, 6.07) is 5.95. The van der Waals surface area contributed by atoms with Crippen LogP contribution in [0.3, 0.4) is 0 Å². The number of aromatic nitrogens is 3. The van der Waals surface area contributed by atoms with Crippen LogP contribution in [0.4, 0.5) is 5.13 Å². The molecule has 2 heterocycles. The Kier molecular flexibility index (Phi) is 3.63. The Hall–Kier alpha value is -1.27. The van der Waals surface area contributed by atoms with Crippen LogP contribution in [-0.2, 0) is 6.42 Å². The summed E-state index contributed by atoms with van der Waals surface area (Å²) in [6.07, 6.45) is 2.72. The van der Waals surface area contributed by atoms with Gasteiger partial charge >= 0.3 is 0 Å². The van der Waals surface area contributed by atoms with Gasteiger partial charge in [0, 0.05) is 31.9 Å². The molecule has 84 valence electrons. The molecule has 0 aliphatic carbocycles. The quantitative estimate of drug-likeness (QED) is 0.848. The minimum Gasteiger partial charge on any atom is -0.349 e. The Morgan fingerprint density at radius 3 is 3.00 bits per heavy atom. The average molecular weight is 252 g/mol. The normalized spacial score (nSPS) is 10.3. The number of H-pyrrole nitrogens is 1. The average Bonchev–Trinajstić information content (AvgIpc) is 2.74. The van der Waals surface area contributed by atoms with Gasteiger partial charge in [0.2, 0.25) is 5.13 Å². The summed E-state index contributed by atoms with van der Waals surface area (Å²) in [5, 5.41) is 7.81. The lowest BCUT2D eigenvalue weighted by atomic mass is 10.2. The van der Waals surface area contributed by atoms with Crippen LogP contribution >= 0.6 is 23.6 Å². The van der Waals surface area contributed by atoms with Gasteiger partial charge in [0.25, 0.3) is 0 Å². The molecule has 2 aromatic rings. The first-order valence-electron chi connectivity index (χ1n) is 4.92. The zero-order chi connectivity index (χ0) is 11.4. The van der Waals surface area contributed by atoms with Crippen LogP contribution < -0.4 is 4.90 Å². The molecule has 0 spiro atoms. The maximum Gasteiger partial charge on any atom is 0.206 e. The van der Waals surface area contributed by atoms with Gasteiger partial charge in [0.05, 0.1) is 0 Å². The molecule has 2 aromatic heterocycles. The zero-order valence-electron chi connectivity index (χ0n) is 8.88. The van der Waals surface area contributed by atoms with E-state index in [9.17, 15) is 0 Å². The van der Waals surface area contributed by atoms with Gasteiger partial charge in [-0.05, 0) is 24.4 Å². The first-order chi connectivity index (χ1) is 7.75. The van der Waals surface area contributed by atoms with Crippen molar-refractivity contribution in [1.29, 1.82) is 0 Å². The standard InChI is InChI=1S/C10H12N4S2/c1-14(9-12-13-10(15)16-9)7-5-8-4-2-3-6-11-8/h2-4,6H,5,7H2,1H3,(H,13,15). The maximum absolute atomic E-state index is 4.99. The predicted molar refractivity (Wildman–Crippen MR) is 68.5 cm³/mol. The summed E-state index contributed by atoms with van der Waals surface area (Å²) in [5.41, 5.74) is 1.09. The van der Waals surface area contributed by atoms with Gasteiger partial charge in [0.1, 0.15) is 0 Å². The third-order valence-corrected chi connectivity index (χ3v) is 3.39. The van der Waals surface area contributed by atoms with Crippen molar-refractivity contribution in [3.63, 3.8) is 0 Å². The van der Waals surface area contributed by atoms with Gasteiger partial charge < -0.3 is 4.90 Å². The molecule has 0 amide bonds. The molecule has 1 N–H and O–H groups in total. The van der Waals surface area contributed by atoms with Crippen molar-refractivity contribution in [2.24, 2.45) is 0 Å². The second-order valence-electron chi connectivity index (χ2n) is 3.39. The third kappa shape index (κ3) is 2.86. The molecule has 0 aliphatic heterocycles. The van der Waals surface area contributed by atoms with Crippen molar-refractivity contribution in [2.45, 2.75) is 6.42 Å². The first kappa shape index (κ1) is 11.2. The number of likely N-dealkylation sites (N-methyl/N-ethyl adjacent to an activating group) is 1. The molecular weight excluding hydrogens is 240 g/mol. The van der Waals surface area contributed by atoms with Crippen molar-refractivity contribution >= 4 is 28.7 Å². The lowest BCUT2D eigenvalue weighted by Crippen LogP contribution is -2.20. The van der Waals surface area contributed by atoms with Crippen LogP contribution in [0.25, 0.3) is 0 Å². The van der Waals surface area contributed by atoms with E-state index in [0.717, 1.165) is 23.8 Å². The van der Waals surface area contributed by atoms with Gasteiger partial charge in [-0.2, -0.15) is 0 Å². The van der Waals surface area contributed by atoms with Crippen LogP contribution in [0, 0.1) is 3.95 Å². The third-order valence-electron chi connectivity index (χ3n) is 2.18. The fourth-order valence-electron chi connectivity index (χ4n) is 1.31. The van der Waals surface area contributed by atoms with E-state index >= 15 is 0 Å². The van der Waals surface area contributed by atoms with Crippen molar-refractivity contribution < 1.29 is 0 Å². The Bertz CT molecular complexity index is 491. The smallest absolute Gasteiger partial charge is 0.206 e. The van der Waals surface area contributed by atoms with E-state index in [2.05, 4.69) is 20.1 Å². The largest absolute Gasteiger partial charge is 0.349 e. The number of hydrogen-bond acceptors (Lipinski definition) is 5. The monoisotopic (exact) mass is 252 g/mol. The highest BCUT2D eigenvalue weighted by atomic mass is 32.1. The van der Waals surface area contributed by atoms with Gasteiger partial charge in [-0.15, -0.1) is 5.10 Å². The Morgan fingerprint density at radius 1 is 1.50 bits per heavy atom. The highest BCUT2D eigenvalue weighted by Crippen LogP contribution is 2.15. The number of rotatable bonds is 4. The maximum atomic E-state index is 4.99. The van der Waals surface area contributed by atoms with E-state index in [1.165, 1.54) is 11.3 Å². The molecule has 0 bridgehead atoms. The molecule has 2 rings (SSSR count). The molecular formula is C10H12N4S2. The van der Waals surface area contributed by atoms with Crippen molar-refractivity contribution in [2.75, 3.05) is 18.5 Å². The molecule has 0 saturated carbocycles. The van der Waals surface area contributed by atoms with Crippen LogP contribution in [0.1, 0.15) is 5.69 Å². The van der Waals surface area contributed by atoms with E-state index in [0.29, 0.717) is 3.95 Å². The Labute approximate surface area is 103 Å². The summed E-state index contributed by atoms with van der Waals surface area (Å²) in [4.78, 5) is 6.35. The number of nitrogens with one attached hydrogen (secondary N) is 1. The van der Waals surface area contributed by atoms with Gasteiger partial charge in [0.15, 0.2) is 3.95 Å². The van der Waals surface area contributed by atoms with Crippen LogP contribution in [0.15, 0.2) is 24.4 Å². The molecule has 0 aliphatic rings. The van der Waals surface area contributed by atoms with E-state index in [-0.39, 0.29) is 0 Å². The van der Waals surface area contributed by atoms with E-state index in [4.69, 9.17) is 12.2 Å². The molecule has 6 heteroatoms. The lowest BCUT2D eigenvalue weighted by molar-refractivity contribution is 0.839. The van der Waals surface area contributed by atoms with Crippen molar-refractivity contribution in [3.05, 3.63) is 34.0 Å². The summed E-state index contributed by atoms with van der Waals surface area (Å²) >= 11 is 6.48. The molecule has 0 unspecified atom stereocenters. The zero-order valence-corrected chi connectivity index (χ0v) is 10.5. The molecule has 4 nitrogen and oxygen atoms in total. The molecule has 0 fully saturated rings. The number of pyridine rings is 1. The molecule has 0 saturated heterocycles. The van der Waals surface area contributed by atoms with Crippen LogP contribution in [0.5, 0.6) is 0 Å². The molecule has 16 heavy (non-hydrogen) atoms. The SMILES string of the molecule is CN(CCc1ccccn1)c1n[nH]c(=S)s1. The second-order valence-corrected chi connectivity index (χ2v) is 5.03. The lowest BCUT2D eigenvalue weighted by Gasteiger charge is -2.14. The van der Waals surface area contributed by atoms with E-state index < -0.39 is 0 Å². The summed E-state index contributed by atoms with van der Waals surface area (Å²) < 4.78 is 0.708. The van der Waals surface area contributed by atoms with Crippen molar-refractivity contribution in [3.8, 4) is 0 Å². The fraction of sp³-hybridized carbons (Fsp3) is 0.300. The Balaban J connectivity index is 1.94. The topological polar surface area (TPSA) is 44.8 Å². The van der Waals surface area contributed by atoms with Gasteiger partial charge in [-0.1, -0.05) is 17.4 Å². The number of aromatic amines is 1. The van der Waals surface area contributed by atoms with Gasteiger partial charge in [-0.25, -0.2) is 0 Å². The highest BCUT2D eigenvalue weighted by Gasteiger charge is 2.04. The van der Waals surface area contributed by atoms with Crippen LogP contribution in [0.2, 0.25) is 0 Å². The van der Waals surface area contributed by atoms with Crippen LogP contribution in [-0.4, -0.2) is 28.8 Å². The second kappa shape index (κ2) is 5.18. The van der Waals surface area contributed by atoms with Crippen molar-refractivity contribution in [1.82, 2.24) is 15.2 Å². The number of hydrogen-bond donors (Lipinski definition) is 1. The summed E-state index contributed by atoms with van der Waals surface area (Å²) in [5.74, 6) is 0. The first-order valence-corrected chi connectivity index (χ1v) is 6.15. The van der Waals surface area contributed by atoms with Gasteiger partial charge in [-0.3, -0.25) is 10.1 Å². The minimum atomic E-state index is 0.708. The van der Waals surface area contributed by atoms with E-state index in [1.807, 2.05) is 31.4 Å². The minimum absolute atomic E-state index is 0.708. The summed E-state index contributed by atoms with van der Waals surface area (Å²) in [6.45, 7) is 0.882. The molecule has 0 aromatic carbocycles. The number of nitrogens with zero attached hydrogens (tertiary/aromatic N) is 3. The summed E-state index contributed by atoms with van der Waals surface area (Å²) in [7, 11) is 2.00. The Morgan fingerprint density at radius 2 is 2.38 bits per heavy atom.